The number of ether oxygens (including phenoxy) is 2. The quantitative estimate of drug-likeness (QED) is 0.846. The van der Waals surface area contributed by atoms with Gasteiger partial charge in [-0.2, -0.15) is 0 Å². The molecule has 0 spiro atoms. The van der Waals surface area contributed by atoms with Crippen LogP contribution >= 0.6 is 11.6 Å². The fourth-order valence-corrected chi connectivity index (χ4v) is 1.95. The van der Waals surface area contributed by atoms with Crippen molar-refractivity contribution in [1.82, 2.24) is 4.98 Å². The molecule has 7 heteroatoms. The zero-order valence-electron chi connectivity index (χ0n) is 10.2. The molecule has 0 amide bonds. The van der Waals surface area contributed by atoms with Crippen LogP contribution in [0, 0.1) is 0 Å². The van der Waals surface area contributed by atoms with Gasteiger partial charge in [0, 0.05) is 11.8 Å². The van der Waals surface area contributed by atoms with Crippen molar-refractivity contribution < 1.29 is 22.6 Å². The molecule has 20 heavy (non-hydrogen) atoms. The molecule has 3 nitrogen and oxygen atoms in total. The number of methoxy groups -OCH3 is 1. The van der Waals surface area contributed by atoms with Crippen LogP contribution in [0.1, 0.15) is 0 Å². The van der Waals surface area contributed by atoms with E-state index in [0.717, 1.165) is 0 Å². The van der Waals surface area contributed by atoms with E-state index in [9.17, 15) is 13.2 Å². The average molecular weight is 304 g/mol. The Labute approximate surface area is 117 Å². The highest BCUT2D eigenvalue weighted by Gasteiger charge is 2.31. The fourth-order valence-electron chi connectivity index (χ4n) is 1.65. The summed E-state index contributed by atoms with van der Waals surface area (Å²) in [6.45, 7) is 0. The van der Waals surface area contributed by atoms with Crippen molar-refractivity contribution in [2.75, 3.05) is 7.11 Å². The highest BCUT2D eigenvalue weighted by Crippen LogP contribution is 2.35. The number of alkyl halides is 3. The Balaban J connectivity index is 2.41. The van der Waals surface area contributed by atoms with Gasteiger partial charge in [0.05, 0.1) is 7.11 Å². The highest BCUT2D eigenvalue weighted by atomic mass is 35.5. The summed E-state index contributed by atoms with van der Waals surface area (Å²) in [6.07, 6.45) is -3.28. The maximum Gasteiger partial charge on any atom is 0.573 e. The van der Waals surface area contributed by atoms with Crippen molar-refractivity contribution in [2.24, 2.45) is 0 Å². The van der Waals surface area contributed by atoms with Gasteiger partial charge in [-0.15, -0.1) is 13.2 Å². The van der Waals surface area contributed by atoms with Gasteiger partial charge in [0.25, 0.3) is 0 Å². The molecular formula is C13H9ClF3NO2. The molecule has 0 unspecified atom stereocenters. The minimum Gasteiger partial charge on any atom is -0.480 e. The van der Waals surface area contributed by atoms with Gasteiger partial charge in [-0.1, -0.05) is 23.7 Å². The minimum atomic E-state index is -4.74. The summed E-state index contributed by atoms with van der Waals surface area (Å²) in [5.41, 5.74) is 0.976. The predicted molar refractivity (Wildman–Crippen MR) is 67.9 cm³/mol. The lowest BCUT2D eigenvalue weighted by molar-refractivity contribution is -0.274. The number of pyridine rings is 1. The summed E-state index contributed by atoms with van der Waals surface area (Å²) < 4.78 is 45.4. The Morgan fingerprint density at radius 3 is 2.60 bits per heavy atom. The molecule has 0 fully saturated rings. The molecular weight excluding hydrogens is 295 g/mol. The molecule has 0 N–H and O–H groups in total. The first-order valence-electron chi connectivity index (χ1n) is 5.45. The second-order valence-corrected chi connectivity index (χ2v) is 4.14. The van der Waals surface area contributed by atoms with Gasteiger partial charge in [0.2, 0.25) is 5.88 Å². The lowest BCUT2D eigenvalue weighted by atomic mass is 10.1. The van der Waals surface area contributed by atoms with Crippen LogP contribution in [-0.4, -0.2) is 18.5 Å². The molecule has 0 saturated carbocycles. The molecule has 106 valence electrons. The van der Waals surface area contributed by atoms with Gasteiger partial charge < -0.3 is 9.47 Å². The molecule has 1 aromatic carbocycles. The lowest BCUT2D eigenvalue weighted by Crippen LogP contribution is -2.17. The van der Waals surface area contributed by atoms with Crippen molar-refractivity contribution in [3.05, 3.63) is 41.6 Å². The number of nitrogens with zero attached hydrogens (tertiary/aromatic N) is 1. The third-order valence-electron chi connectivity index (χ3n) is 2.43. The van der Waals surface area contributed by atoms with Gasteiger partial charge in [-0.05, 0) is 23.8 Å². The third-order valence-corrected chi connectivity index (χ3v) is 2.79. The summed E-state index contributed by atoms with van der Waals surface area (Å²) in [6, 6.07) is 7.10. The standard InChI is InChI=1S/C13H9ClF3NO2/c1-19-12-11(14)10(5-6-18-12)8-3-2-4-9(7-8)20-13(15,16)17/h2-7H,1H3. The minimum absolute atomic E-state index is 0.200. The van der Waals surface area contributed by atoms with Crippen molar-refractivity contribution in [1.29, 1.82) is 0 Å². The van der Waals surface area contributed by atoms with Gasteiger partial charge in [0.1, 0.15) is 10.8 Å². The Morgan fingerprint density at radius 2 is 1.95 bits per heavy atom. The summed E-state index contributed by atoms with van der Waals surface area (Å²) in [7, 11) is 1.40. The Morgan fingerprint density at radius 1 is 1.20 bits per heavy atom. The summed E-state index contributed by atoms with van der Waals surface area (Å²) >= 11 is 6.08. The van der Waals surface area contributed by atoms with Crippen LogP contribution in [0.4, 0.5) is 13.2 Å². The molecule has 0 bridgehead atoms. The molecule has 1 aromatic heterocycles. The van der Waals surface area contributed by atoms with E-state index in [0.29, 0.717) is 11.1 Å². The highest BCUT2D eigenvalue weighted by molar-refractivity contribution is 6.34. The van der Waals surface area contributed by atoms with Crippen molar-refractivity contribution in [3.8, 4) is 22.8 Å². The molecule has 0 aliphatic heterocycles. The average Bonchev–Trinajstić information content (AvgIpc) is 2.37. The first kappa shape index (κ1) is 14.5. The Kier molecular flexibility index (Phi) is 4.04. The molecule has 2 rings (SSSR count). The normalized spacial score (nSPS) is 11.2. The first-order chi connectivity index (χ1) is 9.40. The maximum atomic E-state index is 12.2. The van der Waals surface area contributed by atoms with Crippen molar-refractivity contribution in [2.45, 2.75) is 6.36 Å². The Hall–Kier alpha value is -1.95. The van der Waals surface area contributed by atoms with Crippen molar-refractivity contribution in [3.63, 3.8) is 0 Å². The van der Waals surface area contributed by atoms with Gasteiger partial charge in [-0.25, -0.2) is 4.98 Å². The molecule has 0 saturated heterocycles. The number of rotatable bonds is 3. The third kappa shape index (κ3) is 3.33. The molecule has 0 aliphatic carbocycles. The van der Waals surface area contributed by atoms with Crippen LogP contribution in [0.25, 0.3) is 11.1 Å². The van der Waals surface area contributed by atoms with Crippen LogP contribution in [0.15, 0.2) is 36.5 Å². The van der Waals surface area contributed by atoms with E-state index >= 15 is 0 Å². The molecule has 2 aromatic rings. The molecule has 0 aliphatic rings. The van der Waals surface area contributed by atoms with Crippen molar-refractivity contribution >= 4 is 11.6 Å². The van der Waals surface area contributed by atoms with E-state index in [1.807, 2.05) is 0 Å². The van der Waals surface area contributed by atoms with E-state index in [2.05, 4.69) is 9.72 Å². The largest absolute Gasteiger partial charge is 0.573 e. The Bertz CT molecular complexity index is 617. The van der Waals surface area contributed by atoms with Gasteiger partial charge >= 0.3 is 6.36 Å². The zero-order valence-corrected chi connectivity index (χ0v) is 11.0. The second kappa shape index (κ2) is 5.58. The number of benzene rings is 1. The van der Waals surface area contributed by atoms with Crippen LogP contribution < -0.4 is 9.47 Å². The number of aromatic nitrogens is 1. The van der Waals surface area contributed by atoms with Gasteiger partial charge in [-0.3, -0.25) is 0 Å². The first-order valence-corrected chi connectivity index (χ1v) is 5.83. The number of halogens is 4. The van der Waals surface area contributed by atoms with E-state index in [1.165, 1.54) is 31.5 Å². The topological polar surface area (TPSA) is 31.4 Å². The zero-order chi connectivity index (χ0) is 14.8. The van der Waals surface area contributed by atoms with E-state index < -0.39 is 6.36 Å². The monoisotopic (exact) mass is 303 g/mol. The molecule has 0 radical (unpaired) electrons. The van der Waals surface area contributed by atoms with Gasteiger partial charge in [0.15, 0.2) is 0 Å². The molecule has 1 heterocycles. The lowest BCUT2D eigenvalue weighted by Gasteiger charge is -2.11. The van der Waals surface area contributed by atoms with Crippen LogP contribution in [0.5, 0.6) is 11.6 Å². The van der Waals surface area contributed by atoms with Crippen LogP contribution in [0.2, 0.25) is 5.02 Å². The smallest absolute Gasteiger partial charge is 0.480 e. The second-order valence-electron chi connectivity index (χ2n) is 3.76. The molecule has 0 atom stereocenters. The van der Waals surface area contributed by atoms with E-state index in [4.69, 9.17) is 16.3 Å². The van der Waals surface area contributed by atoms with E-state index in [-0.39, 0.29) is 16.7 Å². The SMILES string of the molecule is COc1nccc(-c2cccc(OC(F)(F)F)c2)c1Cl. The number of hydrogen-bond acceptors (Lipinski definition) is 3. The van der Waals surface area contributed by atoms with Crippen LogP contribution in [0.3, 0.4) is 0 Å². The van der Waals surface area contributed by atoms with Crippen LogP contribution in [-0.2, 0) is 0 Å². The summed E-state index contributed by atoms with van der Waals surface area (Å²) in [4.78, 5) is 3.90. The summed E-state index contributed by atoms with van der Waals surface area (Å²) in [5, 5.41) is 0.221. The fraction of sp³-hybridized carbons (Fsp3) is 0.154. The number of hydrogen-bond donors (Lipinski definition) is 0. The summed E-state index contributed by atoms with van der Waals surface area (Å²) in [5.74, 6) is -0.117. The maximum absolute atomic E-state index is 12.2. The predicted octanol–water partition coefficient (Wildman–Crippen LogP) is 4.31. The van der Waals surface area contributed by atoms with E-state index in [1.54, 1.807) is 12.1 Å².